The van der Waals surface area contributed by atoms with Gasteiger partial charge in [-0.3, -0.25) is 4.79 Å². The minimum Gasteiger partial charge on any atom is -0.461 e. The van der Waals surface area contributed by atoms with Crippen molar-refractivity contribution in [1.82, 2.24) is 0 Å². The Kier molecular flexibility index (Phi) is 3.79. The van der Waals surface area contributed by atoms with Crippen molar-refractivity contribution in [3.63, 3.8) is 0 Å². The smallest absolute Gasteiger partial charge is 0.313 e. The molecule has 104 valence electrons. The Morgan fingerprint density at radius 1 is 1.15 bits per heavy atom. The zero-order valence-corrected chi connectivity index (χ0v) is 13.0. The molecule has 0 saturated carbocycles. The van der Waals surface area contributed by atoms with E-state index in [1.54, 1.807) is 0 Å². The van der Waals surface area contributed by atoms with Crippen LogP contribution in [0.1, 0.15) is 31.2 Å². The molecule has 0 N–H and O–H groups in total. The number of ether oxygens (including phenoxy) is 1. The van der Waals surface area contributed by atoms with E-state index < -0.39 is 0 Å². The maximum atomic E-state index is 12.3. The second-order valence-corrected chi connectivity index (χ2v) is 6.80. The highest BCUT2D eigenvalue weighted by molar-refractivity contribution is 9.09. The van der Waals surface area contributed by atoms with Gasteiger partial charge in [0.1, 0.15) is 6.10 Å². The van der Waals surface area contributed by atoms with Gasteiger partial charge < -0.3 is 4.74 Å². The molecule has 0 aromatic heterocycles. The zero-order valence-electron chi connectivity index (χ0n) is 11.4. The van der Waals surface area contributed by atoms with Gasteiger partial charge in [-0.25, -0.2) is 0 Å². The van der Waals surface area contributed by atoms with Crippen LogP contribution in [0.25, 0.3) is 10.8 Å². The van der Waals surface area contributed by atoms with E-state index in [1.165, 1.54) is 5.39 Å². The molecule has 0 spiro atoms. The summed E-state index contributed by atoms with van der Waals surface area (Å²) in [6, 6.07) is 14.3. The molecule has 3 unspecified atom stereocenters. The molecule has 0 amide bonds. The van der Waals surface area contributed by atoms with Crippen molar-refractivity contribution in [2.45, 2.75) is 36.6 Å². The minimum atomic E-state index is -0.136. The van der Waals surface area contributed by atoms with Crippen molar-refractivity contribution in [1.29, 1.82) is 0 Å². The molecular formula is C17H17BrO2. The molecule has 0 bridgehead atoms. The van der Waals surface area contributed by atoms with Crippen LogP contribution in [-0.2, 0) is 9.53 Å². The molecule has 2 aromatic carbocycles. The maximum absolute atomic E-state index is 12.3. The first-order valence-electron chi connectivity index (χ1n) is 6.99. The summed E-state index contributed by atoms with van der Waals surface area (Å²) in [5, 5.41) is 2.33. The Morgan fingerprint density at radius 3 is 2.65 bits per heavy atom. The summed E-state index contributed by atoms with van der Waals surface area (Å²) in [5.74, 6) is -0.229. The van der Waals surface area contributed by atoms with Gasteiger partial charge in [0.25, 0.3) is 0 Å². The summed E-state index contributed by atoms with van der Waals surface area (Å²) in [6.07, 6.45) is 1.76. The highest BCUT2D eigenvalue weighted by atomic mass is 79.9. The molecule has 1 fully saturated rings. The molecule has 3 heteroatoms. The molecule has 1 saturated heterocycles. The lowest BCUT2D eigenvalue weighted by atomic mass is 9.87. The number of benzene rings is 2. The van der Waals surface area contributed by atoms with Crippen molar-refractivity contribution in [2.24, 2.45) is 0 Å². The Balaban J connectivity index is 1.94. The summed E-state index contributed by atoms with van der Waals surface area (Å²) in [6.45, 7) is 2.02. The first-order chi connectivity index (χ1) is 9.66. The highest BCUT2D eigenvalue weighted by Gasteiger charge is 2.33. The van der Waals surface area contributed by atoms with Crippen LogP contribution in [-0.4, -0.2) is 16.9 Å². The van der Waals surface area contributed by atoms with Gasteiger partial charge in [0.2, 0.25) is 0 Å². The lowest BCUT2D eigenvalue weighted by Gasteiger charge is -2.30. The monoisotopic (exact) mass is 332 g/mol. The number of carbonyl (C=O) groups is 1. The largest absolute Gasteiger partial charge is 0.461 e. The van der Waals surface area contributed by atoms with E-state index in [-0.39, 0.29) is 22.8 Å². The fourth-order valence-corrected chi connectivity index (χ4v) is 3.27. The number of halogens is 1. The van der Waals surface area contributed by atoms with Gasteiger partial charge in [-0.1, -0.05) is 58.4 Å². The molecular weight excluding hydrogens is 316 g/mol. The average Bonchev–Trinajstić information content (AvgIpc) is 2.46. The van der Waals surface area contributed by atoms with Crippen LogP contribution in [0, 0.1) is 0 Å². The number of fused-ring (bicyclic) bond motifs is 1. The predicted molar refractivity (Wildman–Crippen MR) is 84.2 cm³/mol. The van der Waals surface area contributed by atoms with Crippen molar-refractivity contribution in [2.75, 3.05) is 0 Å². The van der Waals surface area contributed by atoms with Gasteiger partial charge in [-0.2, -0.15) is 0 Å². The van der Waals surface area contributed by atoms with Crippen LogP contribution >= 0.6 is 15.9 Å². The van der Waals surface area contributed by atoms with Gasteiger partial charge in [0.05, 0.1) is 5.92 Å². The second kappa shape index (κ2) is 5.57. The molecule has 2 aromatic rings. The predicted octanol–water partition coefficient (Wildman–Crippen LogP) is 4.41. The van der Waals surface area contributed by atoms with Gasteiger partial charge >= 0.3 is 5.97 Å². The molecule has 1 aliphatic rings. The fourth-order valence-electron chi connectivity index (χ4n) is 2.90. The van der Waals surface area contributed by atoms with Crippen LogP contribution in [0.2, 0.25) is 0 Å². The molecule has 0 radical (unpaired) electrons. The number of cyclic esters (lactones) is 1. The van der Waals surface area contributed by atoms with Crippen LogP contribution < -0.4 is 0 Å². The van der Waals surface area contributed by atoms with Gasteiger partial charge in [0.15, 0.2) is 0 Å². The molecule has 1 aliphatic heterocycles. The molecule has 0 aliphatic carbocycles. The number of hydrogen-bond donors (Lipinski definition) is 0. The highest BCUT2D eigenvalue weighted by Crippen LogP contribution is 2.35. The fraction of sp³-hybridized carbons (Fsp3) is 0.353. The van der Waals surface area contributed by atoms with Crippen LogP contribution in [0.5, 0.6) is 0 Å². The first kappa shape index (κ1) is 13.6. The van der Waals surface area contributed by atoms with E-state index in [2.05, 4.69) is 34.1 Å². The van der Waals surface area contributed by atoms with Crippen molar-refractivity contribution < 1.29 is 9.53 Å². The summed E-state index contributed by atoms with van der Waals surface area (Å²) in [5.41, 5.74) is 1.09. The standard InChI is InChI=1S/C17H17BrO2/c1-11(18)16-10-9-15(17(19)20-16)14-8-4-6-12-5-2-3-7-13(12)14/h2-8,11,15-16H,9-10H2,1H3. The third-order valence-corrected chi connectivity index (χ3v) is 4.59. The summed E-state index contributed by atoms with van der Waals surface area (Å²) in [4.78, 5) is 12.5. The number of hydrogen-bond acceptors (Lipinski definition) is 2. The van der Waals surface area contributed by atoms with E-state index in [9.17, 15) is 4.79 Å². The topological polar surface area (TPSA) is 26.3 Å². The first-order valence-corrected chi connectivity index (χ1v) is 7.90. The Bertz CT molecular complexity index is 630. The molecule has 2 nitrogen and oxygen atoms in total. The quantitative estimate of drug-likeness (QED) is 0.601. The zero-order chi connectivity index (χ0) is 14.1. The van der Waals surface area contributed by atoms with Crippen molar-refractivity contribution in [3.8, 4) is 0 Å². The minimum absolute atomic E-state index is 0.00581. The second-order valence-electron chi connectivity index (χ2n) is 5.35. The van der Waals surface area contributed by atoms with Crippen LogP contribution in [0.3, 0.4) is 0 Å². The Morgan fingerprint density at radius 2 is 1.90 bits per heavy atom. The normalized spacial score (nSPS) is 24.4. The van der Waals surface area contributed by atoms with E-state index in [4.69, 9.17) is 4.74 Å². The van der Waals surface area contributed by atoms with Gasteiger partial charge in [-0.05, 0) is 36.1 Å². The van der Waals surface area contributed by atoms with Gasteiger partial charge in [-0.15, -0.1) is 0 Å². The SMILES string of the molecule is CC(Br)C1CCC(c2cccc3ccccc23)C(=O)O1. The molecule has 3 atom stereocenters. The molecule has 1 heterocycles. The number of rotatable bonds is 2. The van der Waals surface area contributed by atoms with E-state index in [0.717, 1.165) is 23.8 Å². The molecule has 20 heavy (non-hydrogen) atoms. The summed E-state index contributed by atoms with van der Waals surface area (Å²) >= 11 is 3.50. The summed E-state index contributed by atoms with van der Waals surface area (Å²) < 4.78 is 5.58. The van der Waals surface area contributed by atoms with Crippen LogP contribution in [0.4, 0.5) is 0 Å². The lowest BCUT2D eigenvalue weighted by molar-refractivity contribution is -0.155. The van der Waals surface area contributed by atoms with Gasteiger partial charge in [0, 0.05) is 4.83 Å². The Hall–Kier alpha value is -1.35. The number of esters is 1. The maximum Gasteiger partial charge on any atom is 0.313 e. The van der Waals surface area contributed by atoms with E-state index in [1.807, 2.05) is 31.2 Å². The average molecular weight is 333 g/mol. The lowest BCUT2D eigenvalue weighted by Crippen LogP contribution is -2.34. The number of carbonyl (C=O) groups excluding carboxylic acids is 1. The van der Waals surface area contributed by atoms with E-state index >= 15 is 0 Å². The third kappa shape index (κ3) is 2.47. The van der Waals surface area contributed by atoms with E-state index in [0.29, 0.717) is 0 Å². The number of alkyl halides is 1. The summed E-state index contributed by atoms with van der Waals surface area (Å²) in [7, 11) is 0. The van der Waals surface area contributed by atoms with Crippen molar-refractivity contribution in [3.05, 3.63) is 48.0 Å². The third-order valence-electron chi connectivity index (χ3n) is 4.00. The van der Waals surface area contributed by atoms with Crippen molar-refractivity contribution >= 4 is 32.7 Å². The Labute approximate surface area is 127 Å². The van der Waals surface area contributed by atoms with Crippen LogP contribution in [0.15, 0.2) is 42.5 Å². The molecule has 3 rings (SSSR count).